The number of nitrogens with zero attached hydrogens (tertiary/aromatic N) is 3. The number of fused-ring (bicyclic) bond motifs is 1. The van der Waals surface area contributed by atoms with E-state index >= 15 is 0 Å². The van der Waals surface area contributed by atoms with Gasteiger partial charge >= 0.3 is 6.03 Å². The zero-order valence-corrected chi connectivity index (χ0v) is 18.8. The van der Waals surface area contributed by atoms with Crippen LogP contribution in [0, 0.1) is 0 Å². The smallest absolute Gasteiger partial charge is 0.322 e. The van der Waals surface area contributed by atoms with Crippen LogP contribution >= 0.6 is 39.1 Å². The molecule has 2 aromatic carbocycles. The third-order valence-corrected chi connectivity index (χ3v) is 5.83. The van der Waals surface area contributed by atoms with E-state index in [-0.39, 0.29) is 12.0 Å². The van der Waals surface area contributed by atoms with Crippen molar-refractivity contribution in [1.82, 2.24) is 14.9 Å². The first-order valence-corrected chi connectivity index (χ1v) is 10.4. The number of amides is 2. The molecule has 3 aromatic rings. The number of nitrogen functional groups attached to an aromatic ring is 1. The van der Waals surface area contributed by atoms with E-state index in [0.29, 0.717) is 51.5 Å². The molecule has 2 heterocycles. The van der Waals surface area contributed by atoms with Crippen LogP contribution in [0.25, 0.3) is 11.3 Å². The van der Waals surface area contributed by atoms with Crippen LogP contribution in [0.3, 0.4) is 0 Å². The number of nitrogens with two attached hydrogens (primary N) is 1. The zero-order valence-electron chi connectivity index (χ0n) is 15.7. The third-order valence-electron chi connectivity index (χ3n) is 4.66. The maximum absolute atomic E-state index is 12.8. The summed E-state index contributed by atoms with van der Waals surface area (Å²) in [4.78, 5) is 23.1. The van der Waals surface area contributed by atoms with Crippen molar-refractivity contribution in [3.05, 3.63) is 62.2 Å². The molecular formula is C20H16BrCl2N5O2. The number of ether oxygens (including phenoxy) is 1. The Morgan fingerprint density at radius 3 is 2.77 bits per heavy atom. The summed E-state index contributed by atoms with van der Waals surface area (Å²) in [6, 6.07) is 10.2. The molecule has 7 nitrogen and oxygen atoms in total. The lowest BCUT2D eigenvalue weighted by Gasteiger charge is -2.16. The molecule has 0 fully saturated rings. The van der Waals surface area contributed by atoms with Crippen LogP contribution in [-0.4, -0.2) is 28.0 Å². The number of anilines is 2. The fourth-order valence-corrected chi connectivity index (χ4v) is 4.36. The van der Waals surface area contributed by atoms with Crippen LogP contribution < -0.4 is 15.8 Å². The van der Waals surface area contributed by atoms with Gasteiger partial charge in [-0.2, -0.15) is 0 Å². The molecule has 0 spiro atoms. The van der Waals surface area contributed by atoms with Gasteiger partial charge in [-0.3, -0.25) is 0 Å². The number of halogens is 3. The molecule has 0 saturated carbocycles. The zero-order chi connectivity index (χ0) is 21.4. The highest BCUT2D eigenvalue weighted by molar-refractivity contribution is 9.10. The highest BCUT2D eigenvalue weighted by Crippen LogP contribution is 2.39. The lowest BCUT2D eigenvalue weighted by Crippen LogP contribution is -2.30. The SMILES string of the molecule is COc1cc(-c2nc(N)nc3c2CN(C(=O)Nc2cccc(Cl)c2)C3)c(Cl)cc1Br. The van der Waals surface area contributed by atoms with Gasteiger partial charge in [0.2, 0.25) is 5.95 Å². The van der Waals surface area contributed by atoms with Crippen LogP contribution in [0.2, 0.25) is 10.0 Å². The molecular weight excluding hydrogens is 493 g/mol. The predicted octanol–water partition coefficient (Wildman–Crippen LogP) is 5.35. The quantitative estimate of drug-likeness (QED) is 0.497. The largest absolute Gasteiger partial charge is 0.496 e. The summed E-state index contributed by atoms with van der Waals surface area (Å²) in [6.45, 7) is 0.610. The van der Waals surface area contributed by atoms with Gasteiger partial charge in [-0.05, 0) is 46.3 Å². The second-order valence-electron chi connectivity index (χ2n) is 6.62. The lowest BCUT2D eigenvalue weighted by atomic mass is 10.1. The Morgan fingerprint density at radius 2 is 2.03 bits per heavy atom. The minimum Gasteiger partial charge on any atom is -0.496 e. The summed E-state index contributed by atoms with van der Waals surface area (Å²) < 4.78 is 6.10. The van der Waals surface area contributed by atoms with Gasteiger partial charge in [0, 0.05) is 21.8 Å². The molecule has 0 atom stereocenters. The van der Waals surface area contributed by atoms with Gasteiger partial charge in [0.1, 0.15) is 5.75 Å². The van der Waals surface area contributed by atoms with E-state index in [2.05, 4.69) is 31.2 Å². The van der Waals surface area contributed by atoms with E-state index in [1.54, 1.807) is 48.4 Å². The highest BCUT2D eigenvalue weighted by atomic mass is 79.9. The van der Waals surface area contributed by atoms with Crippen LogP contribution in [-0.2, 0) is 13.1 Å². The van der Waals surface area contributed by atoms with Gasteiger partial charge in [0.25, 0.3) is 0 Å². The van der Waals surface area contributed by atoms with Crippen molar-refractivity contribution in [2.75, 3.05) is 18.2 Å². The first-order chi connectivity index (χ1) is 14.4. The first kappa shape index (κ1) is 20.7. The molecule has 3 N–H and O–H groups in total. The number of urea groups is 1. The van der Waals surface area contributed by atoms with Crippen molar-refractivity contribution in [3.8, 4) is 17.0 Å². The minimum atomic E-state index is -0.278. The highest BCUT2D eigenvalue weighted by Gasteiger charge is 2.29. The Bertz CT molecular complexity index is 1160. The van der Waals surface area contributed by atoms with Crippen LogP contribution in [0.5, 0.6) is 5.75 Å². The van der Waals surface area contributed by atoms with Gasteiger partial charge in [0.15, 0.2) is 0 Å². The first-order valence-electron chi connectivity index (χ1n) is 8.86. The molecule has 4 rings (SSSR count). The van der Waals surface area contributed by atoms with Crippen molar-refractivity contribution in [3.63, 3.8) is 0 Å². The molecule has 30 heavy (non-hydrogen) atoms. The Hall–Kier alpha value is -2.55. The van der Waals surface area contributed by atoms with Gasteiger partial charge < -0.3 is 20.7 Å². The minimum absolute atomic E-state index is 0.110. The summed E-state index contributed by atoms with van der Waals surface area (Å²) in [5, 5.41) is 3.86. The summed E-state index contributed by atoms with van der Waals surface area (Å²) in [5.41, 5.74) is 9.24. The molecule has 10 heteroatoms. The van der Waals surface area contributed by atoms with E-state index in [9.17, 15) is 4.79 Å². The molecule has 154 valence electrons. The van der Waals surface area contributed by atoms with Crippen molar-refractivity contribution in [1.29, 1.82) is 0 Å². The molecule has 0 bridgehead atoms. The van der Waals surface area contributed by atoms with E-state index in [4.69, 9.17) is 33.7 Å². The van der Waals surface area contributed by atoms with Crippen LogP contribution in [0.15, 0.2) is 40.9 Å². The number of hydrogen-bond acceptors (Lipinski definition) is 5. The van der Waals surface area contributed by atoms with Crippen LogP contribution in [0.1, 0.15) is 11.3 Å². The topological polar surface area (TPSA) is 93.4 Å². The lowest BCUT2D eigenvalue weighted by molar-refractivity contribution is 0.212. The fraction of sp³-hybridized carbons (Fsp3) is 0.150. The van der Waals surface area contributed by atoms with E-state index < -0.39 is 0 Å². The standard InChI is InChI=1S/C20H16BrCl2N5O2/c1-30-17-6-12(15(23)7-14(17)21)18-13-8-28(9-16(13)26-19(24)27-18)20(29)25-11-4-2-3-10(22)5-11/h2-7H,8-9H2,1H3,(H,25,29)(H2,24,26,27). The Kier molecular flexibility index (Phi) is 5.73. The predicted molar refractivity (Wildman–Crippen MR) is 121 cm³/mol. The summed E-state index contributed by atoms with van der Waals surface area (Å²) in [5.74, 6) is 0.715. The van der Waals surface area contributed by atoms with E-state index in [1.807, 2.05) is 0 Å². The average Bonchev–Trinajstić information content (AvgIpc) is 3.12. The molecule has 0 aliphatic carbocycles. The number of benzene rings is 2. The summed E-state index contributed by atoms with van der Waals surface area (Å²) in [6.07, 6.45) is 0. The van der Waals surface area contributed by atoms with Crippen molar-refractivity contribution >= 4 is 56.8 Å². The summed E-state index contributed by atoms with van der Waals surface area (Å²) >= 11 is 15.9. The van der Waals surface area contributed by atoms with Crippen molar-refractivity contribution < 1.29 is 9.53 Å². The monoisotopic (exact) mass is 507 g/mol. The molecule has 1 aliphatic rings. The number of carbonyl (C=O) groups excluding carboxylic acids is 1. The number of rotatable bonds is 3. The number of aromatic nitrogens is 2. The maximum atomic E-state index is 12.8. The van der Waals surface area contributed by atoms with Gasteiger partial charge in [-0.25, -0.2) is 14.8 Å². The van der Waals surface area contributed by atoms with Crippen LogP contribution in [0.4, 0.5) is 16.4 Å². The van der Waals surface area contributed by atoms with Crippen molar-refractivity contribution in [2.45, 2.75) is 13.1 Å². The Morgan fingerprint density at radius 1 is 1.23 bits per heavy atom. The normalized spacial score (nSPS) is 12.6. The van der Waals surface area contributed by atoms with Crippen molar-refractivity contribution in [2.24, 2.45) is 0 Å². The van der Waals surface area contributed by atoms with Gasteiger partial charge in [0.05, 0.1) is 41.1 Å². The third kappa shape index (κ3) is 4.03. The van der Waals surface area contributed by atoms with E-state index in [1.165, 1.54) is 0 Å². The Labute approximate surface area is 191 Å². The second kappa shape index (κ2) is 8.29. The number of carbonyl (C=O) groups is 1. The molecule has 0 saturated heterocycles. The van der Waals surface area contributed by atoms with E-state index in [0.717, 1.165) is 10.0 Å². The number of nitrogens with one attached hydrogen (secondary N) is 1. The average molecular weight is 509 g/mol. The Balaban J connectivity index is 1.67. The van der Waals surface area contributed by atoms with Gasteiger partial charge in [-0.1, -0.05) is 29.3 Å². The maximum Gasteiger partial charge on any atom is 0.322 e. The molecule has 1 aliphatic heterocycles. The summed E-state index contributed by atoms with van der Waals surface area (Å²) in [7, 11) is 1.57. The molecule has 1 aromatic heterocycles. The number of methoxy groups -OCH3 is 1. The fourth-order valence-electron chi connectivity index (χ4n) is 3.28. The number of hydrogen-bond donors (Lipinski definition) is 2. The molecule has 0 radical (unpaired) electrons. The molecule has 0 unspecified atom stereocenters. The molecule has 2 amide bonds. The van der Waals surface area contributed by atoms with Gasteiger partial charge in [-0.15, -0.1) is 0 Å². The second-order valence-corrected chi connectivity index (χ2v) is 8.32.